The first-order valence-electron chi connectivity index (χ1n) is 16.7. The van der Waals surface area contributed by atoms with Crippen molar-refractivity contribution >= 4 is 38.3 Å². The summed E-state index contributed by atoms with van der Waals surface area (Å²) in [5.74, 6) is 2.04. The molecule has 0 saturated heterocycles. The van der Waals surface area contributed by atoms with Crippen LogP contribution in [-0.2, 0) is 32.1 Å². The zero-order chi connectivity index (χ0) is 33.3. The maximum Gasteiger partial charge on any atom is 2.00 e. The molecule has 8 aromatic rings. The molecule has 0 atom stereocenters. The van der Waals surface area contributed by atoms with Crippen molar-refractivity contribution in [3.8, 4) is 28.6 Å². The van der Waals surface area contributed by atoms with Crippen LogP contribution in [0.3, 0.4) is 0 Å². The first kappa shape index (κ1) is 32.0. The molecule has 1 aliphatic rings. The molecule has 6 heteroatoms. The molecule has 0 bridgehead atoms. The van der Waals surface area contributed by atoms with Gasteiger partial charge in [-0.2, -0.15) is 6.07 Å². The van der Waals surface area contributed by atoms with Crippen molar-refractivity contribution in [2.24, 2.45) is 0 Å². The number of nitrogens with zero attached hydrogens (tertiary/aromatic N) is 4. The Labute approximate surface area is 306 Å². The van der Waals surface area contributed by atoms with E-state index < -0.39 is 0 Å². The number of hydrogen-bond donors (Lipinski definition) is 0. The predicted molar refractivity (Wildman–Crippen MR) is 198 cm³/mol. The maximum atomic E-state index is 6.44. The summed E-state index contributed by atoms with van der Waals surface area (Å²) in [6, 6.07) is 49.0. The summed E-state index contributed by atoms with van der Waals surface area (Å²) in [4.78, 5) is 12.0. The Morgan fingerprint density at radius 1 is 0.620 bits per heavy atom. The maximum absolute atomic E-state index is 6.44. The van der Waals surface area contributed by atoms with E-state index in [1.54, 1.807) is 0 Å². The van der Waals surface area contributed by atoms with Crippen molar-refractivity contribution < 1.29 is 25.8 Å². The first-order chi connectivity index (χ1) is 23.8. The van der Waals surface area contributed by atoms with Gasteiger partial charge in [-0.15, -0.1) is 41.3 Å². The quantitative estimate of drug-likeness (QED) is 0.162. The molecule has 0 fully saturated rings. The molecule has 9 rings (SSSR count). The molecule has 0 saturated carbocycles. The van der Waals surface area contributed by atoms with Gasteiger partial charge in [0.1, 0.15) is 5.82 Å². The molecular weight excluding hydrogens is 796 g/mol. The minimum Gasteiger partial charge on any atom is -0.503 e. The molecule has 4 heterocycles. The predicted octanol–water partition coefficient (Wildman–Crippen LogP) is 10.8. The Kier molecular flexibility index (Phi) is 7.65. The summed E-state index contributed by atoms with van der Waals surface area (Å²) in [6.07, 6.45) is 3.71. The SMILES string of the molecule is CC1(C)c2cccc3cccc(c23)C(C)(C)N1c1ccnc(-c2[c-]c(Oc3[c-]c4c(cc3)c3ccccc3n4-c3ccccn3)ccc2)c1.[Pt+2]. The Hall–Kier alpha value is -5.25. The number of rotatable bonds is 5. The zero-order valence-corrected chi connectivity index (χ0v) is 30.5. The molecule has 5 nitrogen and oxygen atoms in total. The Morgan fingerprint density at radius 2 is 1.34 bits per heavy atom. The monoisotopic (exact) mass is 829 g/mol. The van der Waals surface area contributed by atoms with Crippen LogP contribution < -0.4 is 9.64 Å². The number of fused-ring (bicyclic) bond motifs is 3. The van der Waals surface area contributed by atoms with Gasteiger partial charge in [-0.3, -0.25) is 0 Å². The van der Waals surface area contributed by atoms with E-state index in [0.717, 1.165) is 44.6 Å². The van der Waals surface area contributed by atoms with E-state index in [4.69, 9.17) is 9.72 Å². The molecule has 0 amide bonds. The molecular formula is C44H34N4OPt. The van der Waals surface area contributed by atoms with Gasteiger partial charge in [0.05, 0.1) is 11.1 Å². The van der Waals surface area contributed by atoms with E-state index in [1.807, 2.05) is 60.9 Å². The Morgan fingerprint density at radius 3 is 2.10 bits per heavy atom. The summed E-state index contributed by atoms with van der Waals surface area (Å²) >= 11 is 0. The smallest absolute Gasteiger partial charge is 0.503 e. The van der Waals surface area contributed by atoms with Crippen molar-refractivity contribution in [2.45, 2.75) is 38.8 Å². The summed E-state index contributed by atoms with van der Waals surface area (Å²) in [5.41, 5.74) is 6.91. The fourth-order valence-electron chi connectivity index (χ4n) is 8.08. The van der Waals surface area contributed by atoms with Crippen LogP contribution in [0, 0.1) is 12.1 Å². The third-order valence-electron chi connectivity index (χ3n) is 10.0. The average Bonchev–Trinajstić information content (AvgIpc) is 3.44. The van der Waals surface area contributed by atoms with E-state index in [1.165, 1.54) is 21.9 Å². The van der Waals surface area contributed by atoms with Crippen LogP contribution >= 0.6 is 0 Å². The number of benzene rings is 5. The summed E-state index contributed by atoms with van der Waals surface area (Å²) in [6.45, 7) is 9.28. The van der Waals surface area contributed by atoms with Crippen LogP contribution in [0.15, 0.2) is 134 Å². The molecule has 3 aromatic heterocycles. The van der Waals surface area contributed by atoms with Gasteiger partial charge < -0.3 is 19.2 Å². The van der Waals surface area contributed by atoms with Crippen LogP contribution in [0.25, 0.3) is 49.7 Å². The van der Waals surface area contributed by atoms with Gasteiger partial charge in [0.2, 0.25) is 0 Å². The Bertz CT molecular complexity index is 2500. The molecule has 0 N–H and O–H groups in total. The number of ether oxygens (including phenoxy) is 1. The van der Waals surface area contributed by atoms with Gasteiger partial charge in [0.15, 0.2) is 0 Å². The van der Waals surface area contributed by atoms with Crippen molar-refractivity contribution in [2.75, 3.05) is 4.90 Å². The molecule has 5 aromatic carbocycles. The number of anilines is 1. The molecule has 50 heavy (non-hydrogen) atoms. The van der Waals surface area contributed by atoms with Gasteiger partial charge in [-0.25, -0.2) is 4.98 Å². The number of para-hydroxylation sites is 1. The average molecular weight is 830 g/mol. The standard InChI is InChI=1S/C44H34N4O.Pt/c1-43(2)36-17-10-12-29-13-11-18-37(42(29)36)44(3,4)48(43)31-23-25-45-38(27-31)30-14-9-15-32(26-30)49-33-21-22-35-34-16-5-6-19-39(34)47(40(35)28-33)41-20-7-8-24-46-41;/h5-25,27H,1-4H3;/q-2;+2. The van der Waals surface area contributed by atoms with E-state index in [-0.39, 0.29) is 32.1 Å². The van der Waals surface area contributed by atoms with Crippen LogP contribution in [0.5, 0.6) is 11.5 Å². The van der Waals surface area contributed by atoms with Crippen LogP contribution in [0.1, 0.15) is 38.8 Å². The van der Waals surface area contributed by atoms with Gasteiger partial charge in [-0.05, 0) is 84.9 Å². The molecule has 0 spiro atoms. The van der Waals surface area contributed by atoms with E-state index in [2.05, 4.69) is 127 Å². The van der Waals surface area contributed by atoms with Crippen molar-refractivity contribution in [1.29, 1.82) is 0 Å². The topological polar surface area (TPSA) is 43.2 Å². The van der Waals surface area contributed by atoms with Crippen LogP contribution in [0.2, 0.25) is 0 Å². The second-order valence-electron chi connectivity index (χ2n) is 13.7. The summed E-state index contributed by atoms with van der Waals surface area (Å²) in [5, 5.41) is 4.88. The third-order valence-corrected chi connectivity index (χ3v) is 10.0. The van der Waals surface area contributed by atoms with Crippen molar-refractivity contribution in [1.82, 2.24) is 14.5 Å². The van der Waals surface area contributed by atoms with E-state index in [9.17, 15) is 0 Å². The largest absolute Gasteiger partial charge is 2.00 e. The molecule has 1 aliphatic heterocycles. The fourth-order valence-corrected chi connectivity index (χ4v) is 8.08. The Balaban J connectivity index is 0.00000361. The van der Waals surface area contributed by atoms with Gasteiger partial charge >= 0.3 is 21.1 Å². The van der Waals surface area contributed by atoms with E-state index >= 15 is 0 Å². The normalized spacial score (nSPS) is 14.5. The molecule has 0 aliphatic carbocycles. The molecule has 246 valence electrons. The molecule has 0 radical (unpaired) electrons. The van der Waals surface area contributed by atoms with Crippen molar-refractivity contribution in [3.05, 3.63) is 157 Å². The third kappa shape index (κ3) is 4.94. The summed E-state index contributed by atoms with van der Waals surface area (Å²) in [7, 11) is 0. The van der Waals surface area contributed by atoms with Crippen LogP contribution in [0.4, 0.5) is 5.69 Å². The second kappa shape index (κ2) is 12.0. The van der Waals surface area contributed by atoms with Gasteiger partial charge in [-0.1, -0.05) is 78.3 Å². The number of aromatic nitrogens is 3. The second-order valence-corrected chi connectivity index (χ2v) is 13.7. The van der Waals surface area contributed by atoms with Gasteiger partial charge in [0, 0.05) is 35.1 Å². The minimum absolute atomic E-state index is 0. The zero-order valence-electron chi connectivity index (χ0n) is 28.2. The minimum atomic E-state index is -0.267. The number of pyridine rings is 2. The fraction of sp³-hybridized carbons (Fsp3) is 0.136. The molecule has 0 unspecified atom stereocenters. The van der Waals surface area contributed by atoms with Crippen molar-refractivity contribution in [3.63, 3.8) is 0 Å². The van der Waals surface area contributed by atoms with Crippen LogP contribution in [-0.4, -0.2) is 14.5 Å². The first-order valence-corrected chi connectivity index (χ1v) is 16.7. The van der Waals surface area contributed by atoms with Gasteiger partial charge in [0.25, 0.3) is 0 Å². The summed E-state index contributed by atoms with van der Waals surface area (Å²) < 4.78 is 8.57. The van der Waals surface area contributed by atoms with E-state index in [0.29, 0.717) is 11.5 Å². The number of hydrogen-bond acceptors (Lipinski definition) is 4.